The van der Waals surface area contributed by atoms with Crippen LogP contribution in [0, 0.1) is 6.92 Å². The lowest BCUT2D eigenvalue weighted by Crippen LogP contribution is -2.32. The van der Waals surface area contributed by atoms with Crippen molar-refractivity contribution in [3.8, 4) is 5.75 Å². The Kier molecular flexibility index (Phi) is 4.44. The number of carbonyl (C=O) groups excluding carboxylic acids is 1. The van der Waals surface area contributed by atoms with E-state index in [-0.39, 0.29) is 12.8 Å². The zero-order chi connectivity index (χ0) is 14.4. The van der Waals surface area contributed by atoms with Crippen LogP contribution in [0.25, 0.3) is 0 Å². The molecule has 2 amide bonds. The van der Waals surface area contributed by atoms with E-state index in [4.69, 9.17) is 10.5 Å². The summed E-state index contributed by atoms with van der Waals surface area (Å²) >= 11 is 0. The minimum absolute atomic E-state index is 0.0849. The van der Waals surface area contributed by atoms with Crippen LogP contribution in [0.15, 0.2) is 48.5 Å². The first-order chi connectivity index (χ1) is 9.65. The number of rotatable bonds is 4. The molecule has 0 aromatic heterocycles. The van der Waals surface area contributed by atoms with E-state index < -0.39 is 0 Å². The number of para-hydroxylation sites is 1. The smallest absolute Gasteiger partial charge is 0.321 e. The predicted octanol–water partition coefficient (Wildman–Crippen LogP) is 2.74. The molecule has 0 aliphatic carbocycles. The fourth-order valence-corrected chi connectivity index (χ4v) is 1.66. The van der Waals surface area contributed by atoms with E-state index in [9.17, 15) is 4.79 Å². The third-order valence-electron chi connectivity index (χ3n) is 2.67. The van der Waals surface area contributed by atoms with E-state index in [1.807, 2.05) is 43.3 Å². The molecule has 4 N–H and O–H groups in total. The molecule has 5 nitrogen and oxygen atoms in total. The Morgan fingerprint density at radius 1 is 1.20 bits per heavy atom. The molecule has 2 aromatic carbocycles. The van der Waals surface area contributed by atoms with Gasteiger partial charge >= 0.3 is 6.03 Å². The normalized spacial score (nSPS) is 9.85. The van der Waals surface area contributed by atoms with Gasteiger partial charge in [-0.2, -0.15) is 0 Å². The number of benzene rings is 2. The van der Waals surface area contributed by atoms with Crippen LogP contribution in [-0.4, -0.2) is 12.8 Å². The van der Waals surface area contributed by atoms with E-state index >= 15 is 0 Å². The van der Waals surface area contributed by atoms with Crippen LogP contribution < -0.4 is 21.1 Å². The molecule has 0 atom stereocenters. The maximum atomic E-state index is 11.7. The van der Waals surface area contributed by atoms with Gasteiger partial charge in [0.1, 0.15) is 5.75 Å². The quantitative estimate of drug-likeness (QED) is 0.591. The van der Waals surface area contributed by atoms with Crippen molar-refractivity contribution in [1.29, 1.82) is 0 Å². The predicted molar refractivity (Wildman–Crippen MR) is 79.7 cm³/mol. The first kappa shape index (κ1) is 13.7. The first-order valence-electron chi connectivity index (χ1n) is 6.24. The lowest BCUT2D eigenvalue weighted by atomic mass is 10.2. The fourth-order valence-electron chi connectivity index (χ4n) is 1.66. The SMILES string of the molecule is Cc1ccc(NC(=O)NCOc2ccccc2)c(N)c1. The molecular weight excluding hydrogens is 254 g/mol. The summed E-state index contributed by atoms with van der Waals surface area (Å²) in [5.74, 6) is 0.697. The molecule has 0 saturated carbocycles. The molecular formula is C15H17N3O2. The third kappa shape index (κ3) is 3.91. The second kappa shape index (κ2) is 6.47. The summed E-state index contributed by atoms with van der Waals surface area (Å²) in [6.07, 6.45) is 0. The molecule has 0 radical (unpaired) electrons. The average Bonchev–Trinajstić information content (AvgIpc) is 2.43. The number of nitrogen functional groups attached to an aromatic ring is 1. The number of hydrogen-bond acceptors (Lipinski definition) is 3. The van der Waals surface area contributed by atoms with Gasteiger partial charge in [-0.25, -0.2) is 4.79 Å². The number of carbonyl (C=O) groups is 1. The second-order valence-corrected chi connectivity index (χ2v) is 4.32. The van der Waals surface area contributed by atoms with E-state index in [2.05, 4.69) is 10.6 Å². The molecule has 0 unspecified atom stereocenters. The van der Waals surface area contributed by atoms with Crippen LogP contribution in [0.2, 0.25) is 0 Å². The van der Waals surface area contributed by atoms with Gasteiger partial charge in [0.05, 0.1) is 11.4 Å². The fraction of sp³-hybridized carbons (Fsp3) is 0.133. The topological polar surface area (TPSA) is 76.4 Å². The number of ether oxygens (including phenoxy) is 1. The highest BCUT2D eigenvalue weighted by Gasteiger charge is 2.04. The average molecular weight is 271 g/mol. The number of nitrogens with one attached hydrogen (secondary N) is 2. The lowest BCUT2D eigenvalue weighted by molar-refractivity contribution is 0.234. The van der Waals surface area contributed by atoms with Crippen molar-refractivity contribution < 1.29 is 9.53 Å². The number of nitrogens with two attached hydrogens (primary N) is 1. The van der Waals surface area contributed by atoms with Crippen LogP contribution in [0.5, 0.6) is 5.75 Å². The highest BCUT2D eigenvalue weighted by atomic mass is 16.5. The molecule has 2 rings (SSSR count). The zero-order valence-electron chi connectivity index (χ0n) is 11.2. The van der Waals surface area contributed by atoms with Crippen molar-refractivity contribution in [1.82, 2.24) is 5.32 Å². The van der Waals surface area contributed by atoms with Crippen LogP contribution in [-0.2, 0) is 0 Å². The van der Waals surface area contributed by atoms with Gasteiger partial charge < -0.3 is 21.1 Å². The van der Waals surface area contributed by atoms with E-state index in [0.717, 1.165) is 5.56 Å². The van der Waals surface area contributed by atoms with Crippen LogP contribution >= 0.6 is 0 Å². The lowest BCUT2D eigenvalue weighted by Gasteiger charge is -2.11. The third-order valence-corrected chi connectivity index (χ3v) is 2.67. The first-order valence-corrected chi connectivity index (χ1v) is 6.24. The minimum Gasteiger partial charge on any atom is -0.473 e. The van der Waals surface area contributed by atoms with Gasteiger partial charge in [0.2, 0.25) is 0 Å². The van der Waals surface area contributed by atoms with Crippen molar-refractivity contribution >= 4 is 17.4 Å². The molecule has 0 fully saturated rings. The highest BCUT2D eigenvalue weighted by Crippen LogP contribution is 2.19. The maximum Gasteiger partial charge on any atom is 0.321 e. The van der Waals surface area contributed by atoms with Crippen molar-refractivity contribution in [3.05, 3.63) is 54.1 Å². The summed E-state index contributed by atoms with van der Waals surface area (Å²) in [5.41, 5.74) is 7.97. The highest BCUT2D eigenvalue weighted by molar-refractivity contribution is 5.92. The summed E-state index contributed by atoms with van der Waals surface area (Å²) in [4.78, 5) is 11.7. The Morgan fingerprint density at radius 3 is 2.65 bits per heavy atom. The summed E-state index contributed by atoms with van der Waals surface area (Å²) in [7, 11) is 0. The van der Waals surface area contributed by atoms with Gasteiger partial charge in [0.25, 0.3) is 0 Å². The van der Waals surface area contributed by atoms with Gasteiger partial charge in [-0.1, -0.05) is 24.3 Å². The molecule has 0 spiro atoms. The molecule has 0 heterocycles. The molecule has 20 heavy (non-hydrogen) atoms. The Labute approximate surface area is 117 Å². The number of hydrogen-bond donors (Lipinski definition) is 3. The minimum atomic E-state index is -0.364. The summed E-state index contributed by atoms with van der Waals surface area (Å²) in [5, 5.41) is 5.26. The van der Waals surface area contributed by atoms with E-state index in [0.29, 0.717) is 17.1 Å². The molecule has 0 bridgehead atoms. The largest absolute Gasteiger partial charge is 0.473 e. The number of aryl methyl sites for hydroxylation is 1. The number of amides is 2. The standard InChI is InChI=1S/C15H17N3O2/c1-11-7-8-14(13(16)9-11)18-15(19)17-10-20-12-5-3-2-4-6-12/h2-9H,10,16H2,1H3,(H2,17,18,19). The van der Waals surface area contributed by atoms with Gasteiger partial charge in [0, 0.05) is 0 Å². The van der Waals surface area contributed by atoms with Gasteiger partial charge in [-0.05, 0) is 36.8 Å². The van der Waals surface area contributed by atoms with Gasteiger partial charge in [-0.3, -0.25) is 0 Å². The second-order valence-electron chi connectivity index (χ2n) is 4.32. The maximum absolute atomic E-state index is 11.7. The van der Waals surface area contributed by atoms with E-state index in [1.54, 1.807) is 12.1 Å². The Balaban J connectivity index is 1.81. The summed E-state index contributed by atoms with van der Waals surface area (Å²) in [6, 6.07) is 14.3. The Morgan fingerprint density at radius 2 is 1.95 bits per heavy atom. The molecule has 0 aliphatic heterocycles. The zero-order valence-corrected chi connectivity index (χ0v) is 11.2. The van der Waals surface area contributed by atoms with Crippen molar-refractivity contribution in [2.45, 2.75) is 6.92 Å². The van der Waals surface area contributed by atoms with Crippen LogP contribution in [0.3, 0.4) is 0 Å². The van der Waals surface area contributed by atoms with Gasteiger partial charge in [-0.15, -0.1) is 0 Å². The van der Waals surface area contributed by atoms with Crippen molar-refractivity contribution in [2.24, 2.45) is 0 Å². The monoisotopic (exact) mass is 271 g/mol. The van der Waals surface area contributed by atoms with Crippen LogP contribution in [0.1, 0.15) is 5.56 Å². The summed E-state index contributed by atoms with van der Waals surface area (Å²) in [6.45, 7) is 2.02. The van der Waals surface area contributed by atoms with Crippen molar-refractivity contribution in [2.75, 3.05) is 17.8 Å². The molecule has 104 valence electrons. The molecule has 2 aromatic rings. The molecule has 0 aliphatic rings. The molecule has 0 saturated heterocycles. The van der Waals surface area contributed by atoms with Gasteiger partial charge in [0.15, 0.2) is 6.73 Å². The summed E-state index contributed by atoms with van der Waals surface area (Å²) < 4.78 is 5.36. The Hall–Kier alpha value is -2.69. The number of anilines is 2. The number of urea groups is 1. The Bertz CT molecular complexity index is 585. The van der Waals surface area contributed by atoms with E-state index in [1.165, 1.54) is 0 Å². The molecule has 5 heteroatoms. The van der Waals surface area contributed by atoms with Crippen molar-refractivity contribution in [3.63, 3.8) is 0 Å². The van der Waals surface area contributed by atoms with Crippen LogP contribution in [0.4, 0.5) is 16.2 Å².